The predicted octanol–water partition coefficient (Wildman–Crippen LogP) is 0.576. The minimum Gasteiger partial charge on any atom is -0.407 e. The van der Waals surface area contributed by atoms with E-state index < -0.39 is 30.3 Å². The quantitative estimate of drug-likeness (QED) is 0.700. The first-order valence-electron chi connectivity index (χ1n) is 6.38. The second kappa shape index (κ2) is 6.47. The number of rotatable bonds is 4. The first kappa shape index (κ1) is 16.5. The fourth-order valence-corrected chi connectivity index (χ4v) is 2.29. The second-order valence-corrected chi connectivity index (χ2v) is 5.20. The van der Waals surface area contributed by atoms with E-state index in [0.29, 0.717) is 5.56 Å². The largest absolute Gasteiger partial charge is 0.410 e. The molecule has 0 aliphatic carbocycles. The van der Waals surface area contributed by atoms with E-state index in [1.165, 1.54) is 12.1 Å². The van der Waals surface area contributed by atoms with E-state index in [4.69, 9.17) is 21.4 Å². The number of nitrogens with one attached hydrogen (secondary N) is 1. The zero-order valence-electron chi connectivity index (χ0n) is 11.4. The number of carbonyl (C=O) groups excluding carboxylic acids is 2. The van der Waals surface area contributed by atoms with Gasteiger partial charge in [-0.05, 0) is 23.8 Å². The second-order valence-electron chi connectivity index (χ2n) is 4.77. The van der Waals surface area contributed by atoms with E-state index >= 15 is 0 Å². The van der Waals surface area contributed by atoms with Crippen molar-refractivity contribution in [2.45, 2.75) is 18.8 Å². The Bertz CT molecular complexity index is 580. The van der Waals surface area contributed by atoms with Gasteiger partial charge in [0.25, 0.3) is 11.7 Å². The summed E-state index contributed by atoms with van der Waals surface area (Å²) in [6, 6.07) is 3.75. The number of likely N-dealkylation sites (tertiary alicyclic amines) is 1. The average Bonchev–Trinajstić information content (AvgIpc) is 2.71. The molecule has 1 aromatic rings. The van der Waals surface area contributed by atoms with Crippen LogP contribution in [0.25, 0.3) is 0 Å². The maximum absolute atomic E-state index is 13.1. The SMILES string of the molecule is O=C(NCc1cc(F)cc(Cl)c1)O[C@@]1(O)CCN(CO)C1=O. The Balaban J connectivity index is 1.92. The predicted molar refractivity (Wildman–Crippen MR) is 73.1 cm³/mol. The third-order valence-corrected chi connectivity index (χ3v) is 3.35. The summed E-state index contributed by atoms with van der Waals surface area (Å²) in [4.78, 5) is 24.3. The molecule has 9 heteroatoms. The van der Waals surface area contributed by atoms with Crippen molar-refractivity contribution in [2.24, 2.45) is 0 Å². The molecule has 1 saturated heterocycles. The molecule has 1 heterocycles. The fraction of sp³-hybridized carbons (Fsp3) is 0.385. The Morgan fingerprint density at radius 3 is 2.82 bits per heavy atom. The molecule has 2 amide bonds. The molecule has 2 rings (SSSR count). The lowest BCUT2D eigenvalue weighted by Gasteiger charge is -2.21. The van der Waals surface area contributed by atoms with Gasteiger partial charge in [-0.15, -0.1) is 0 Å². The number of aliphatic hydroxyl groups excluding tert-OH is 1. The van der Waals surface area contributed by atoms with Gasteiger partial charge in [0.15, 0.2) is 0 Å². The number of ether oxygens (including phenoxy) is 1. The molecule has 0 aromatic heterocycles. The highest BCUT2D eigenvalue weighted by atomic mass is 35.5. The molecule has 0 radical (unpaired) electrons. The van der Waals surface area contributed by atoms with Gasteiger partial charge in [0, 0.05) is 24.5 Å². The summed E-state index contributed by atoms with van der Waals surface area (Å²) >= 11 is 5.68. The molecule has 0 spiro atoms. The molecule has 7 nitrogen and oxygen atoms in total. The number of alkyl carbamates (subject to hydrolysis) is 1. The van der Waals surface area contributed by atoms with Gasteiger partial charge in [0.2, 0.25) is 0 Å². The van der Waals surface area contributed by atoms with E-state index in [2.05, 4.69) is 5.32 Å². The van der Waals surface area contributed by atoms with E-state index in [1.54, 1.807) is 0 Å². The normalized spacial score (nSPS) is 21.1. The summed E-state index contributed by atoms with van der Waals surface area (Å²) in [6.07, 6.45) is -1.19. The molecule has 0 unspecified atom stereocenters. The first-order valence-corrected chi connectivity index (χ1v) is 6.76. The number of benzene rings is 1. The Morgan fingerprint density at radius 2 is 2.23 bits per heavy atom. The van der Waals surface area contributed by atoms with Gasteiger partial charge in [-0.25, -0.2) is 9.18 Å². The Morgan fingerprint density at radius 1 is 1.50 bits per heavy atom. The number of halogens is 2. The number of hydrogen-bond donors (Lipinski definition) is 3. The van der Waals surface area contributed by atoms with Crippen LogP contribution in [0.5, 0.6) is 0 Å². The van der Waals surface area contributed by atoms with Crippen LogP contribution in [0.3, 0.4) is 0 Å². The minimum atomic E-state index is -2.30. The maximum Gasteiger partial charge on any atom is 0.410 e. The van der Waals surface area contributed by atoms with Crippen molar-refractivity contribution in [3.63, 3.8) is 0 Å². The van der Waals surface area contributed by atoms with Crippen LogP contribution < -0.4 is 5.32 Å². The monoisotopic (exact) mass is 332 g/mol. The Hall–Kier alpha value is -1.90. The number of aliphatic hydroxyl groups is 2. The average molecular weight is 333 g/mol. The lowest BCUT2D eigenvalue weighted by atomic mass is 10.2. The summed E-state index contributed by atoms with van der Waals surface area (Å²) in [5.74, 6) is -3.74. The van der Waals surface area contributed by atoms with Crippen molar-refractivity contribution in [3.8, 4) is 0 Å². The lowest BCUT2D eigenvalue weighted by molar-refractivity contribution is -0.183. The van der Waals surface area contributed by atoms with Crippen LogP contribution >= 0.6 is 11.6 Å². The first-order chi connectivity index (χ1) is 10.3. The maximum atomic E-state index is 13.1. The van der Waals surface area contributed by atoms with E-state index in [0.717, 1.165) is 11.0 Å². The number of nitrogens with zero attached hydrogens (tertiary/aromatic N) is 1. The van der Waals surface area contributed by atoms with Crippen molar-refractivity contribution in [1.82, 2.24) is 10.2 Å². The van der Waals surface area contributed by atoms with Gasteiger partial charge in [0.1, 0.15) is 12.5 Å². The van der Waals surface area contributed by atoms with E-state index in [-0.39, 0.29) is 24.5 Å². The molecule has 1 fully saturated rings. The van der Waals surface area contributed by atoms with Gasteiger partial charge in [-0.2, -0.15) is 0 Å². The highest BCUT2D eigenvalue weighted by molar-refractivity contribution is 6.30. The smallest absolute Gasteiger partial charge is 0.407 e. The molecular formula is C13H14ClFN2O5. The number of hydrogen-bond acceptors (Lipinski definition) is 5. The van der Waals surface area contributed by atoms with Crippen molar-refractivity contribution >= 4 is 23.6 Å². The van der Waals surface area contributed by atoms with Crippen LogP contribution in [-0.4, -0.2) is 46.2 Å². The van der Waals surface area contributed by atoms with Crippen LogP contribution in [0, 0.1) is 5.82 Å². The Labute approximate surface area is 130 Å². The van der Waals surface area contributed by atoms with Crippen LogP contribution in [0.1, 0.15) is 12.0 Å². The zero-order chi connectivity index (χ0) is 16.3. The lowest BCUT2D eigenvalue weighted by Crippen LogP contribution is -2.46. The van der Waals surface area contributed by atoms with Gasteiger partial charge >= 0.3 is 6.09 Å². The van der Waals surface area contributed by atoms with Gasteiger partial charge in [-0.3, -0.25) is 4.79 Å². The number of carbonyl (C=O) groups is 2. The molecule has 3 N–H and O–H groups in total. The topological polar surface area (TPSA) is 99.1 Å². The van der Waals surface area contributed by atoms with Crippen molar-refractivity contribution in [2.75, 3.05) is 13.3 Å². The van der Waals surface area contributed by atoms with E-state index in [9.17, 15) is 19.1 Å². The molecule has 22 heavy (non-hydrogen) atoms. The van der Waals surface area contributed by atoms with Crippen LogP contribution in [0.15, 0.2) is 18.2 Å². The van der Waals surface area contributed by atoms with E-state index in [1.807, 2.05) is 0 Å². The van der Waals surface area contributed by atoms with Gasteiger partial charge in [-0.1, -0.05) is 11.6 Å². The summed E-state index contributed by atoms with van der Waals surface area (Å²) in [5, 5.41) is 21.3. The molecule has 0 bridgehead atoms. The fourth-order valence-electron chi connectivity index (χ4n) is 2.05. The molecule has 120 valence electrons. The van der Waals surface area contributed by atoms with Gasteiger partial charge in [0.05, 0.1) is 0 Å². The Kier molecular flexibility index (Phi) is 4.84. The minimum absolute atomic E-state index is 0.0681. The summed E-state index contributed by atoms with van der Waals surface area (Å²) in [7, 11) is 0. The third-order valence-electron chi connectivity index (χ3n) is 3.13. The van der Waals surface area contributed by atoms with Gasteiger partial charge < -0.3 is 25.2 Å². The molecule has 1 aromatic carbocycles. The highest BCUT2D eigenvalue weighted by Crippen LogP contribution is 2.24. The summed E-state index contributed by atoms with van der Waals surface area (Å²) < 4.78 is 17.8. The molecule has 1 atom stereocenters. The van der Waals surface area contributed by atoms with Crippen LogP contribution in [0.4, 0.5) is 9.18 Å². The summed E-state index contributed by atoms with van der Waals surface area (Å²) in [5.41, 5.74) is 0.392. The molecule has 1 aliphatic rings. The van der Waals surface area contributed by atoms with Crippen molar-refractivity contribution in [3.05, 3.63) is 34.6 Å². The standard InChI is InChI=1S/C13H14ClFN2O5/c14-9-3-8(4-10(15)5-9)6-16-12(20)22-13(21)1-2-17(7-18)11(13)19/h3-5,18,21H,1-2,6-7H2,(H,16,20)/t13-/m0/s1. The highest BCUT2D eigenvalue weighted by Gasteiger charge is 2.48. The zero-order valence-corrected chi connectivity index (χ0v) is 12.1. The molecule has 1 aliphatic heterocycles. The van der Waals surface area contributed by atoms with Crippen molar-refractivity contribution in [1.29, 1.82) is 0 Å². The van der Waals surface area contributed by atoms with Crippen LogP contribution in [0.2, 0.25) is 5.02 Å². The van der Waals surface area contributed by atoms with Crippen molar-refractivity contribution < 1.29 is 28.9 Å². The number of amides is 2. The summed E-state index contributed by atoms with van der Waals surface area (Å²) in [6.45, 7) is -0.600. The van der Waals surface area contributed by atoms with Crippen LogP contribution in [-0.2, 0) is 16.1 Å². The molecular weight excluding hydrogens is 319 g/mol. The molecule has 0 saturated carbocycles. The third kappa shape index (κ3) is 3.65.